The fraction of sp³-hybridized carbons (Fsp3) is 0.500. The van der Waals surface area contributed by atoms with Crippen LogP contribution in [0.3, 0.4) is 0 Å². The molecule has 0 aromatic heterocycles. The van der Waals surface area contributed by atoms with Gasteiger partial charge in [0.15, 0.2) is 6.10 Å². The molecule has 1 aliphatic rings. The molecular formula is C10H12O6. The third kappa shape index (κ3) is 2.82. The summed E-state index contributed by atoms with van der Waals surface area (Å²) in [6.07, 6.45) is -2.10. The summed E-state index contributed by atoms with van der Waals surface area (Å²) in [6, 6.07) is 0. The van der Waals surface area contributed by atoms with Gasteiger partial charge < -0.3 is 14.2 Å². The molecule has 2 atom stereocenters. The third-order valence-corrected chi connectivity index (χ3v) is 1.86. The van der Waals surface area contributed by atoms with E-state index in [-0.39, 0.29) is 12.2 Å². The molecule has 16 heavy (non-hydrogen) atoms. The molecule has 6 nitrogen and oxygen atoms in total. The molecule has 0 spiro atoms. The number of cyclic esters (lactones) is 2. The molecule has 0 saturated carbocycles. The van der Waals surface area contributed by atoms with Crippen LogP contribution in [0.5, 0.6) is 0 Å². The first-order chi connectivity index (χ1) is 7.41. The van der Waals surface area contributed by atoms with Crippen LogP contribution in [0, 0.1) is 0 Å². The van der Waals surface area contributed by atoms with E-state index >= 15 is 0 Å². The molecule has 0 aromatic carbocycles. The van der Waals surface area contributed by atoms with Gasteiger partial charge in [0, 0.05) is 5.57 Å². The van der Waals surface area contributed by atoms with Crippen molar-refractivity contribution in [2.75, 3.05) is 6.61 Å². The molecule has 1 aliphatic heterocycles. The van der Waals surface area contributed by atoms with Crippen molar-refractivity contribution >= 4 is 17.9 Å². The lowest BCUT2D eigenvalue weighted by molar-refractivity contribution is -0.197. The molecule has 2 unspecified atom stereocenters. The Bertz CT molecular complexity index is 345. The van der Waals surface area contributed by atoms with Crippen molar-refractivity contribution in [2.45, 2.75) is 26.1 Å². The van der Waals surface area contributed by atoms with Crippen LogP contribution in [0.2, 0.25) is 0 Å². The van der Waals surface area contributed by atoms with Crippen molar-refractivity contribution in [1.29, 1.82) is 0 Å². The highest BCUT2D eigenvalue weighted by atomic mass is 16.7. The normalized spacial score (nSPS) is 24.4. The van der Waals surface area contributed by atoms with Crippen LogP contribution in [0.4, 0.5) is 0 Å². The summed E-state index contributed by atoms with van der Waals surface area (Å²) >= 11 is 0. The minimum atomic E-state index is -1.19. The van der Waals surface area contributed by atoms with Gasteiger partial charge in [-0.15, -0.1) is 0 Å². The number of hydrogen-bond donors (Lipinski definition) is 0. The van der Waals surface area contributed by atoms with Gasteiger partial charge in [-0.3, -0.25) is 0 Å². The Morgan fingerprint density at radius 2 is 2.00 bits per heavy atom. The van der Waals surface area contributed by atoms with Gasteiger partial charge in [0.2, 0.25) is 6.10 Å². The van der Waals surface area contributed by atoms with Crippen LogP contribution in [0.25, 0.3) is 0 Å². The van der Waals surface area contributed by atoms with Crippen LogP contribution in [0.1, 0.15) is 13.8 Å². The molecule has 88 valence electrons. The molecule has 6 heteroatoms. The van der Waals surface area contributed by atoms with Crippen LogP contribution in [0.15, 0.2) is 12.2 Å². The van der Waals surface area contributed by atoms with Gasteiger partial charge in [0.25, 0.3) is 0 Å². The number of carbonyl (C=O) groups is 3. The Balaban J connectivity index is 2.49. The Morgan fingerprint density at radius 1 is 1.38 bits per heavy atom. The van der Waals surface area contributed by atoms with E-state index in [1.165, 1.54) is 13.8 Å². The van der Waals surface area contributed by atoms with E-state index in [9.17, 15) is 14.4 Å². The highest BCUT2D eigenvalue weighted by molar-refractivity contribution is 5.89. The molecule has 0 N–H and O–H groups in total. The van der Waals surface area contributed by atoms with Crippen molar-refractivity contribution in [2.24, 2.45) is 0 Å². The highest BCUT2D eigenvalue weighted by Crippen LogP contribution is 2.11. The average molecular weight is 228 g/mol. The zero-order valence-corrected chi connectivity index (χ0v) is 9.02. The maximum absolute atomic E-state index is 11.2. The number of rotatable bonds is 3. The largest absolute Gasteiger partial charge is 0.458 e. The number of carbonyl (C=O) groups excluding carboxylic acids is 3. The predicted octanol–water partition coefficient (Wildman–Crippen LogP) is -0.0372. The van der Waals surface area contributed by atoms with Gasteiger partial charge in [0.1, 0.15) is 6.61 Å². The Labute approximate surface area is 92.2 Å². The average Bonchev–Trinajstić information content (AvgIpc) is 2.20. The molecule has 1 saturated heterocycles. The first-order valence-electron chi connectivity index (χ1n) is 4.65. The molecule has 0 aliphatic carbocycles. The van der Waals surface area contributed by atoms with E-state index in [1.807, 2.05) is 0 Å². The second kappa shape index (κ2) is 4.78. The number of ether oxygens (including phenoxy) is 3. The Hall–Kier alpha value is -1.85. The topological polar surface area (TPSA) is 78.9 Å². The maximum Gasteiger partial charge on any atom is 0.351 e. The van der Waals surface area contributed by atoms with Crippen molar-refractivity contribution in [3.05, 3.63) is 12.2 Å². The predicted molar refractivity (Wildman–Crippen MR) is 51.2 cm³/mol. The minimum absolute atomic E-state index is 0.198. The fourth-order valence-electron chi connectivity index (χ4n) is 0.959. The summed E-state index contributed by atoms with van der Waals surface area (Å²) in [4.78, 5) is 33.3. The quantitative estimate of drug-likeness (QED) is 0.383. The van der Waals surface area contributed by atoms with Gasteiger partial charge in [-0.2, -0.15) is 0 Å². The van der Waals surface area contributed by atoms with E-state index in [0.29, 0.717) is 0 Å². The molecule has 0 amide bonds. The molecule has 1 heterocycles. The molecule has 1 fully saturated rings. The molecule has 0 aromatic rings. The standard InChI is InChI=1S/C10H12O6/c1-5(2)8(11)14-4-7-10(13)15-6(3)9(12)16-7/h6-7H,1,4H2,2-3H3. The Kier molecular flexibility index (Phi) is 3.65. The number of hydrogen-bond acceptors (Lipinski definition) is 6. The summed E-state index contributed by atoms with van der Waals surface area (Å²) in [6.45, 7) is 5.88. The van der Waals surface area contributed by atoms with E-state index in [0.717, 1.165) is 0 Å². The third-order valence-electron chi connectivity index (χ3n) is 1.86. The smallest absolute Gasteiger partial charge is 0.351 e. The highest BCUT2D eigenvalue weighted by Gasteiger charge is 2.36. The van der Waals surface area contributed by atoms with Gasteiger partial charge in [-0.1, -0.05) is 6.58 Å². The molecular weight excluding hydrogens is 216 g/mol. The second-order valence-electron chi connectivity index (χ2n) is 3.38. The van der Waals surface area contributed by atoms with Crippen molar-refractivity contribution in [1.82, 2.24) is 0 Å². The minimum Gasteiger partial charge on any atom is -0.458 e. The van der Waals surface area contributed by atoms with Gasteiger partial charge in [0.05, 0.1) is 0 Å². The monoisotopic (exact) mass is 228 g/mol. The maximum atomic E-state index is 11.2. The van der Waals surface area contributed by atoms with Crippen LogP contribution < -0.4 is 0 Å². The summed E-state index contributed by atoms with van der Waals surface area (Å²) in [5.41, 5.74) is 0.198. The van der Waals surface area contributed by atoms with Crippen molar-refractivity contribution in [3.8, 4) is 0 Å². The van der Waals surface area contributed by atoms with Crippen LogP contribution in [-0.2, 0) is 28.6 Å². The van der Waals surface area contributed by atoms with Gasteiger partial charge >= 0.3 is 17.9 Å². The summed E-state index contributed by atoms with van der Waals surface area (Å²) in [5, 5.41) is 0. The summed E-state index contributed by atoms with van der Waals surface area (Å²) in [5.74, 6) is -2.03. The van der Waals surface area contributed by atoms with E-state index in [2.05, 4.69) is 16.1 Å². The molecule has 1 rings (SSSR count). The second-order valence-corrected chi connectivity index (χ2v) is 3.38. The van der Waals surface area contributed by atoms with Gasteiger partial charge in [-0.05, 0) is 13.8 Å². The van der Waals surface area contributed by atoms with E-state index in [1.54, 1.807) is 0 Å². The van der Waals surface area contributed by atoms with E-state index in [4.69, 9.17) is 4.74 Å². The zero-order valence-electron chi connectivity index (χ0n) is 9.02. The van der Waals surface area contributed by atoms with Crippen molar-refractivity contribution in [3.63, 3.8) is 0 Å². The van der Waals surface area contributed by atoms with Gasteiger partial charge in [-0.25, -0.2) is 14.4 Å². The van der Waals surface area contributed by atoms with Crippen molar-refractivity contribution < 1.29 is 28.6 Å². The van der Waals surface area contributed by atoms with Crippen LogP contribution >= 0.6 is 0 Å². The summed E-state index contributed by atoms with van der Waals surface area (Å²) in [7, 11) is 0. The SMILES string of the molecule is C=C(C)C(=O)OCC1OC(=O)C(C)OC1=O. The van der Waals surface area contributed by atoms with E-state index < -0.39 is 30.1 Å². The lowest BCUT2D eigenvalue weighted by Crippen LogP contribution is -2.45. The number of esters is 3. The molecule has 0 bridgehead atoms. The lowest BCUT2D eigenvalue weighted by atomic mass is 10.3. The first kappa shape index (κ1) is 12.2. The fourth-order valence-corrected chi connectivity index (χ4v) is 0.959. The lowest BCUT2D eigenvalue weighted by Gasteiger charge is -2.24. The van der Waals surface area contributed by atoms with Crippen LogP contribution in [-0.4, -0.2) is 36.7 Å². The first-order valence-corrected chi connectivity index (χ1v) is 4.65. The Morgan fingerprint density at radius 3 is 2.56 bits per heavy atom. The molecule has 0 radical (unpaired) electrons. The zero-order chi connectivity index (χ0) is 12.3. The summed E-state index contributed by atoms with van der Waals surface area (Å²) < 4.78 is 14.1.